The molecule has 13 aromatic rings. The first-order chi connectivity index (χ1) is 35.2. The van der Waals surface area contributed by atoms with Crippen LogP contribution in [0.5, 0.6) is 0 Å². The summed E-state index contributed by atoms with van der Waals surface area (Å²) < 4.78 is 4.99. The molecule has 0 radical (unpaired) electrons. The van der Waals surface area contributed by atoms with E-state index in [4.69, 9.17) is 0 Å². The fraction of sp³-hybridized carbons (Fsp3) is 0. The molecule has 3 heteroatoms. The summed E-state index contributed by atoms with van der Waals surface area (Å²) in [6.07, 6.45) is 0. The number of aromatic nitrogens is 1. The molecule has 0 N–H and O–H groups in total. The molecule has 2 aromatic heterocycles. The molecule has 11 aromatic carbocycles. The highest BCUT2D eigenvalue weighted by Crippen LogP contribution is 2.51. The average Bonchev–Trinajstić information content (AvgIpc) is 4.09. The molecule has 332 valence electrons. The van der Waals surface area contributed by atoms with Crippen LogP contribution >= 0.6 is 11.3 Å². The molecule has 0 saturated carbocycles. The van der Waals surface area contributed by atoms with Crippen LogP contribution in [0.2, 0.25) is 0 Å². The summed E-state index contributed by atoms with van der Waals surface area (Å²) >= 11 is 1.86. The standard InChI is InChI=1S/C68H44N2S/c1-4-16-45(17-5-1)46-28-35-52(36-29-46)70-63-26-14-12-23-57(63)60-42-50(32-40-64(60)70)47-30-33-51(34-31-47)69(54-38-41-66-61(43-54)58-24-13-15-27-65(58)71-66)53-37-39-56-55-22-10-11-25-59(55)68(62(56)44-53)67(48-18-6-2-7-19-48)49-20-8-3-9-21-49/h1-44H. The van der Waals surface area contributed by atoms with Crippen LogP contribution in [0.4, 0.5) is 17.1 Å². The molecule has 14 rings (SSSR count). The minimum absolute atomic E-state index is 1.09. The van der Waals surface area contributed by atoms with Gasteiger partial charge in [0.05, 0.1) is 11.0 Å². The average molecular weight is 921 g/mol. The van der Waals surface area contributed by atoms with Gasteiger partial charge in [0.2, 0.25) is 0 Å². The SMILES string of the molecule is c1ccc(C(=C2c3ccccc3-c3ccc(N(c4ccc(-c5ccc6c(c5)c5ccccc5n6-c5ccc(-c6ccccc6)cc5)cc4)c4ccc5sc6ccccc6c5c4)cc32)c2ccccc2)cc1. The number of anilines is 3. The van der Waals surface area contributed by atoms with Crippen molar-refractivity contribution in [1.29, 1.82) is 0 Å². The fourth-order valence-corrected chi connectivity index (χ4v) is 12.2. The van der Waals surface area contributed by atoms with Crippen LogP contribution in [-0.2, 0) is 0 Å². The van der Waals surface area contributed by atoms with Gasteiger partial charge in [0.25, 0.3) is 0 Å². The molecule has 0 saturated heterocycles. The molecule has 0 spiro atoms. The smallest absolute Gasteiger partial charge is 0.0541 e. The van der Waals surface area contributed by atoms with Crippen molar-refractivity contribution in [2.75, 3.05) is 4.90 Å². The normalized spacial score (nSPS) is 11.9. The van der Waals surface area contributed by atoms with E-state index < -0.39 is 0 Å². The van der Waals surface area contributed by atoms with Crippen LogP contribution in [0.25, 0.3) is 92.2 Å². The summed E-state index contributed by atoms with van der Waals surface area (Å²) in [4.78, 5) is 2.45. The minimum Gasteiger partial charge on any atom is -0.310 e. The van der Waals surface area contributed by atoms with Crippen LogP contribution in [0, 0.1) is 0 Å². The summed E-state index contributed by atoms with van der Waals surface area (Å²) in [5, 5.41) is 5.04. The zero-order chi connectivity index (χ0) is 46.8. The summed E-state index contributed by atoms with van der Waals surface area (Å²) in [6.45, 7) is 0. The van der Waals surface area contributed by atoms with Crippen molar-refractivity contribution in [2.24, 2.45) is 0 Å². The topological polar surface area (TPSA) is 8.17 Å². The molecule has 2 heterocycles. The Hall–Kier alpha value is -9.02. The first-order valence-electron chi connectivity index (χ1n) is 24.3. The van der Waals surface area contributed by atoms with Gasteiger partial charge in [-0.3, -0.25) is 0 Å². The summed E-state index contributed by atoms with van der Waals surface area (Å²) in [5.41, 5.74) is 21.5. The van der Waals surface area contributed by atoms with Gasteiger partial charge in [-0.05, 0) is 146 Å². The van der Waals surface area contributed by atoms with Crippen LogP contribution in [0.3, 0.4) is 0 Å². The van der Waals surface area contributed by atoms with Gasteiger partial charge in [-0.25, -0.2) is 0 Å². The number of thiophene rings is 1. The Morgan fingerprint density at radius 3 is 1.59 bits per heavy atom. The monoisotopic (exact) mass is 920 g/mol. The summed E-state index contributed by atoms with van der Waals surface area (Å²) in [5.74, 6) is 0. The quantitative estimate of drug-likeness (QED) is 0.147. The number of rotatable bonds is 8. The van der Waals surface area contributed by atoms with E-state index in [1.165, 1.54) is 109 Å². The maximum Gasteiger partial charge on any atom is 0.0541 e. The van der Waals surface area contributed by atoms with Gasteiger partial charge in [0.1, 0.15) is 0 Å². The predicted octanol–water partition coefficient (Wildman–Crippen LogP) is 18.9. The molecule has 0 amide bonds. The van der Waals surface area contributed by atoms with Crippen molar-refractivity contribution in [3.05, 3.63) is 289 Å². The third-order valence-corrected chi connectivity index (χ3v) is 15.5. The lowest BCUT2D eigenvalue weighted by Gasteiger charge is -2.27. The zero-order valence-corrected chi connectivity index (χ0v) is 39.5. The first kappa shape index (κ1) is 41.0. The molecule has 1 aliphatic carbocycles. The Bertz CT molecular complexity index is 4140. The number of benzene rings is 11. The molecule has 1 aliphatic rings. The number of para-hydroxylation sites is 1. The highest BCUT2D eigenvalue weighted by atomic mass is 32.1. The van der Waals surface area contributed by atoms with E-state index in [-0.39, 0.29) is 0 Å². The third-order valence-electron chi connectivity index (χ3n) is 14.4. The predicted molar refractivity (Wildman–Crippen MR) is 303 cm³/mol. The second-order valence-electron chi connectivity index (χ2n) is 18.4. The van der Waals surface area contributed by atoms with Gasteiger partial charge in [0, 0.05) is 53.7 Å². The Morgan fingerprint density at radius 2 is 0.831 bits per heavy atom. The third kappa shape index (κ3) is 6.93. The van der Waals surface area contributed by atoms with Gasteiger partial charge in [-0.15, -0.1) is 11.3 Å². The second kappa shape index (κ2) is 16.9. The highest BCUT2D eigenvalue weighted by Gasteiger charge is 2.29. The highest BCUT2D eigenvalue weighted by molar-refractivity contribution is 7.25. The second-order valence-corrected chi connectivity index (χ2v) is 19.5. The molecule has 0 fully saturated rings. The Balaban J connectivity index is 0.909. The van der Waals surface area contributed by atoms with Gasteiger partial charge < -0.3 is 9.47 Å². The van der Waals surface area contributed by atoms with Crippen LogP contribution < -0.4 is 4.90 Å². The van der Waals surface area contributed by atoms with E-state index in [1.54, 1.807) is 0 Å². The van der Waals surface area contributed by atoms with Crippen molar-refractivity contribution in [2.45, 2.75) is 0 Å². The van der Waals surface area contributed by atoms with Gasteiger partial charge in [0.15, 0.2) is 0 Å². The van der Waals surface area contributed by atoms with E-state index >= 15 is 0 Å². The molecule has 71 heavy (non-hydrogen) atoms. The number of hydrogen-bond acceptors (Lipinski definition) is 2. The summed E-state index contributed by atoms with van der Waals surface area (Å²) in [6, 6.07) is 98.0. The van der Waals surface area contributed by atoms with Crippen molar-refractivity contribution in [3.63, 3.8) is 0 Å². The Labute approximate surface area is 416 Å². The van der Waals surface area contributed by atoms with E-state index in [1.807, 2.05) is 11.3 Å². The first-order valence-corrected chi connectivity index (χ1v) is 25.1. The lowest BCUT2D eigenvalue weighted by molar-refractivity contribution is 1.18. The molecule has 2 nitrogen and oxygen atoms in total. The molecule has 0 bridgehead atoms. The minimum atomic E-state index is 1.09. The van der Waals surface area contributed by atoms with Gasteiger partial charge in [-0.2, -0.15) is 0 Å². The van der Waals surface area contributed by atoms with E-state index in [9.17, 15) is 0 Å². The Morgan fingerprint density at radius 1 is 0.310 bits per heavy atom. The molecule has 0 atom stereocenters. The van der Waals surface area contributed by atoms with Crippen molar-refractivity contribution < 1.29 is 0 Å². The maximum absolute atomic E-state index is 2.45. The van der Waals surface area contributed by atoms with Crippen LogP contribution in [-0.4, -0.2) is 4.57 Å². The Kier molecular flexibility index (Phi) is 9.75. The van der Waals surface area contributed by atoms with E-state index in [0.717, 1.165) is 22.7 Å². The number of hydrogen-bond donors (Lipinski definition) is 0. The lowest BCUT2D eigenvalue weighted by Crippen LogP contribution is -2.10. The van der Waals surface area contributed by atoms with Gasteiger partial charge >= 0.3 is 0 Å². The molecule has 0 unspecified atom stereocenters. The fourth-order valence-electron chi connectivity index (χ4n) is 11.1. The molecular weight excluding hydrogens is 877 g/mol. The van der Waals surface area contributed by atoms with E-state index in [2.05, 4.69) is 276 Å². The summed E-state index contributed by atoms with van der Waals surface area (Å²) in [7, 11) is 0. The zero-order valence-electron chi connectivity index (χ0n) is 38.7. The lowest BCUT2D eigenvalue weighted by atomic mass is 9.88. The van der Waals surface area contributed by atoms with Crippen molar-refractivity contribution >= 4 is 81.5 Å². The largest absolute Gasteiger partial charge is 0.310 e. The van der Waals surface area contributed by atoms with E-state index in [0.29, 0.717) is 0 Å². The van der Waals surface area contributed by atoms with Gasteiger partial charge in [-0.1, -0.05) is 188 Å². The number of nitrogens with zero attached hydrogens (tertiary/aromatic N) is 2. The molecule has 0 aliphatic heterocycles. The number of fused-ring (bicyclic) bond motifs is 9. The van der Waals surface area contributed by atoms with Crippen molar-refractivity contribution in [3.8, 4) is 39.1 Å². The van der Waals surface area contributed by atoms with Crippen molar-refractivity contribution in [1.82, 2.24) is 4.57 Å². The maximum atomic E-state index is 2.45. The van der Waals surface area contributed by atoms with Crippen LogP contribution in [0.15, 0.2) is 267 Å². The van der Waals surface area contributed by atoms with Crippen LogP contribution in [0.1, 0.15) is 22.3 Å². The molecular formula is C68H44N2S.